The lowest BCUT2D eigenvalue weighted by Crippen LogP contribution is -2.46. The number of nitrogens with zero attached hydrogens (tertiary/aromatic N) is 4. The fourth-order valence-electron chi connectivity index (χ4n) is 5.70. The Bertz CT molecular complexity index is 1550. The number of carbonyl (C=O) groups is 3. The summed E-state index contributed by atoms with van der Waals surface area (Å²) in [5.41, 5.74) is 4.52. The fourth-order valence-corrected chi connectivity index (χ4v) is 5.70. The van der Waals surface area contributed by atoms with Crippen LogP contribution in [0.2, 0.25) is 0 Å². The topological polar surface area (TPSA) is 121 Å². The first-order chi connectivity index (χ1) is 21.2. The van der Waals surface area contributed by atoms with Crippen LogP contribution in [0, 0.1) is 23.0 Å². The predicted octanol–water partition coefficient (Wildman–Crippen LogP) is 5.03. The molecule has 6 rings (SSSR count). The number of benzene rings is 2. The molecule has 1 aromatic heterocycles. The normalized spacial score (nSPS) is 17.8. The van der Waals surface area contributed by atoms with Crippen LogP contribution in [-0.4, -0.2) is 65.4 Å². The van der Waals surface area contributed by atoms with Crippen LogP contribution >= 0.6 is 0 Å². The number of pyridine rings is 1. The Morgan fingerprint density at radius 3 is 2.30 bits per heavy atom. The number of aromatic nitrogens is 1. The van der Waals surface area contributed by atoms with E-state index in [1.54, 1.807) is 4.90 Å². The summed E-state index contributed by atoms with van der Waals surface area (Å²) in [5.74, 6) is -1.69. The van der Waals surface area contributed by atoms with Crippen LogP contribution in [0.4, 0.5) is 30.8 Å². The zero-order chi connectivity index (χ0) is 30.8. The summed E-state index contributed by atoms with van der Waals surface area (Å²) < 4.78 is 34.8. The number of rotatable bonds is 9. The van der Waals surface area contributed by atoms with Gasteiger partial charge >= 0.3 is 6.03 Å². The lowest BCUT2D eigenvalue weighted by atomic mass is 9.95. The highest BCUT2D eigenvalue weighted by atomic mass is 19.1. The van der Waals surface area contributed by atoms with E-state index in [0.717, 1.165) is 30.4 Å². The number of hydrogen-bond acceptors (Lipinski definition) is 6. The monoisotopic (exact) mass is 604 g/mol. The molecule has 0 unspecified atom stereocenters. The second kappa shape index (κ2) is 12.2. The van der Waals surface area contributed by atoms with Gasteiger partial charge in [0, 0.05) is 43.7 Å². The van der Waals surface area contributed by atoms with Crippen LogP contribution in [0.3, 0.4) is 0 Å². The predicted molar refractivity (Wildman–Crippen MR) is 159 cm³/mol. The summed E-state index contributed by atoms with van der Waals surface area (Å²) in [6.45, 7) is 4.80. The van der Waals surface area contributed by atoms with Crippen molar-refractivity contribution >= 4 is 35.0 Å². The number of nitrogens with one attached hydrogen (secondary N) is 1. The minimum absolute atomic E-state index is 0.121. The minimum Gasteiger partial charge on any atom is -0.454 e. The third-order valence-electron chi connectivity index (χ3n) is 8.65. The van der Waals surface area contributed by atoms with Crippen molar-refractivity contribution in [2.24, 2.45) is 17.1 Å². The number of nitrogens with two attached hydrogens (primary N) is 1. The van der Waals surface area contributed by atoms with Gasteiger partial charge in [0.05, 0.1) is 5.69 Å². The molecule has 44 heavy (non-hydrogen) atoms. The van der Waals surface area contributed by atoms with Crippen LogP contribution in [0.1, 0.15) is 32.1 Å². The van der Waals surface area contributed by atoms with Gasteiger partial charge < -0.3 is 20.3 Å². The van der Waals surface area contributed by atoms with Crippen molar-refractivity contribution < 1.29 is 27.9 Å². The quantitative estimate of drug-likeness (QED) is 0.331. The highest BCUT2D eigenvalue weighted by Gasteiger charge is 2.57. The standard InChI is InChI=1S/C32H34F2N6O4/c33-22-2-4-23(5-3-22)40(30(42)32(11-12-32)29(35)41)24-6-7-27(26(34)18-24)44-25-8-13-36-28(19-25)37-31(43)39-16-9-21(10-17-39)20-38-14-1-15-38/h2-8,13,18-19,21H,1,9-12,14-17,20H2,(H2,35,41)(H,36,37,43). The molecule has 230 valence electrons. The number of hydrogen-bond donors (Lipinski definition) is 2. The van der Waals surface area contributed by atoms with Gasteiger partial charge in [0.2, 0.25) is 11.8 Å². The van der Waals surface area contributed by atoms with E-state index in [1.807, 2.05) is 0 Å². The van der Waals surface area contributed by atoms with Gasteiger partial charge in [-0.15, -0.1) is 0 Å². The molecule has 2 saturated heterocycles. The molecule has 3 heterocycles. The zero-order valence-electron chi connectivity index (χ0n) is 24.2. The number of ether oxygens (including phenoxy) is 1. The number of amides is 4. The number of primary amides is 1. The van der Waals surface area contributed by atoms with Gasteiger partial charge in [0.15, 0.2) is 11.6 Å². The van der Waals surface area contributed by atoms with Crippen molar-refractivity contribution in [1.29, 1.82) is 0 Å². The van der Waals surface area contributed by atoms with Crippen LogP contribution in [-0.2, 0) is 9.59 Å². The molecule has 0 radical (unpaired) electrons. The molecule has 1 aliphatic carbocycles. The SMILES string of the molecule is NC(=O)C1(C(=O)N(c2ccc(F)cc2)c2ccc(Oc3ccnc(NC(=O)N4CCC(CN5CCC5)CC4)c3)c(F)c2)CC1. The fraction of sp³-hybridized carbons (Fsp3) is 0.375. The second-order valence-electron chi connectivity index (χ2n) is 11.7. The molecule has 0 atom stereocenters. The van der Waals surface area contributed by atoms with Gasteiger partial charge in [-0.1, -0.05) is 0 Å². The van der Waals surface area contributed by atoms with Gasteiger partial charge in [-0.3, -0.25) is 19.8 Å². The average molecular weight is 605 g/mol. The number of likely N-dealkylation sites (tertiary alicyclic amines) is 2. The molecular formula is C32H34F2N6O4. The first kappa shape index (κ1) is 29.5. The van der Waals surface area contributed by atoms with Crippen molar-refractivity contribution in [3.05, 3.63) is 72.4 Å². The molecule has 0 bridgehead atoms. The van der Waals surface area contributed by atoms with E-state index in [-0.39, 0.29) is 47.6 Å². The summed E-state index contributed by atoms with van der Waals surface area (Å²) in [5, 5.41) is 2.80. The Kier molecular flexibility index (Phi) is 8.17. The lowest BCUT2D eigenvalue weighted by Gasteiger charge is -2.38. The Balaban J connectivity index is 1.13. The molecule has 1 saturated carbocycles. The molecule has 10 nitrogen and oxygen atoms in total. The summed E-state index contributed by atoms with van der Waals surface area (Å²) in [6.07, 6.45) is 5.20. The van der Waals surface area contributed by atoms with E-state index >= 15 is 4.39 Å². The van der Waals surface area contributed by atoms with E-state index in [0.29, 0.717) is 19.0 Å². The molecule has 3 aromatic rings. The van der Waals surface area contributed by atoms with E-state index in [1.165, 1.54) is 74.2 Å². The summed E-state index contributed by atoms with van der Waals surface area (Å²) >= 11 is 0. The first-order valence-electron chi connectivity index (χ1n) is 14.8. The Hall–Kier alpha value is -4.58. The molecular weight excluding hydrogens is 570 g/mol. The third-order valence-corrected chi connectivity index (χ3v) is 8.65. The van der Waals surface area contributed by atoms with Gasteiger partial charge in [0.25, 0.3) is 0 Å². The highest BCUT2D eigenvalue weighted by Crippen LogP contribution is 2.49. The van der Waals surface area contributed by atoms with Gasteiger partial charge in [-0.25, -0.2) is 18.6 Å². The molecule has 12 heteroatoms. The molecule has 4 amide bonds. The summed E-state index contributed by atoms with van der Waals surface area (Å²) in [7, 11) is 0. The van der Waals surface area contributed by atoms with Gasteiger partial charge in [0.1, 0.15) is 22.8 Å². The maximum absolute atomic E-state index is 15.4. The van der Waals surface area contributed by atoms with E-state index < -0.39 is 28.9 Å². The highest BCUT2D eigenvalue weighted by molar-refractivity contribution is 6.16. The number of urea groups is 1. The van der Waals surface area contributed by atoms with E-state index in [2.05, 4.69) is 15.2 Å². The molecule has 0 spiro atoms. The third kappa shape index (κ3) is 6.21. The summed E-state index contributed by atoms with van der Waals surface area (Å²) in [4.78, 5) is 48.1. The Morgan fingerprint density at radius 2 is 1.68 bits per heavy atom. The van der Waals surface area contributed by atoms with E-state index in [9.17, 15) is 18.8 Å². The molecule has 3 aliphatic rings. The van der Waals surface area contributed by atoms with Crippen LogP contribution in [0.5, 0.6) is 11.5 Å². The lowest BCUT2D eigenvalue weighted by molar-refractivity contribution is -0.133. The van der Waals surface area contributed by atoms with Gasteiger partial charge in [-0.05, 0) is 93.6 Å². The van der Waals surface area contributed by atoms with Crippen LogP contribution < -0.4 is 20.7 Å². The van der Waals surface area contributed by atoms with E-state index in [4.69, 9.17) is 10.5 Å². The minimum atomic E-state index is -1.39. The summed E-state index contributed by atoms with van der Waals surface area (Å²) in [6, 6.07) is 11.8. The number of carbonyl (C=O) groups excluding carboxylic acids is 3. The first-order valence-corrected chi connectivity index (χ1v) is 14.8. The van der Waals surface area contributed by atoms with Crippen LogP contribution in [0.25, 0.3) is 0 Å². The molecule has 2 aliphatic heterocycles. The Labute approximate surface area is 253 Å². The Morgan fingerprint density at radius 1 is 0.977 bits per heavy atom. The smallest absolute Gasteiger partial charge is 0.323 e. The molecule has 2 aromatic carbocycles. The molecule has 3 fully saturated rings. The van der Waals surface area contributed by atoms with Crippen LogP contribution in [0.15, 0.2) is 60.8 Å². The largest absolute Gasteiger partial charge is 0.454 e. The number of halogens is 2. The van der Waals surface area contributed by atoms with Crippen molar-refractivity contribution in [2.45, 2.75) is 32.1 Å². The number of anilines is 3. The van der Waals surface area contributed by atoms with Crippen molar-refractivity contribution in [2.75, 3.05) is 42.9 Å². The van der Waals surface area contributed by atoms with Crippen molar-refractivity contribution in [1.82, 2.24) is 14.8 Å². The average Bonchev–Trinajstić information content (AvgIpc) is 3.81. The van der Waals surface area contributed by atoms with Gasteiger partial charge in [-0.2, -0.15) is 0 Å². The van der Waals surface area contributed by atoms with Crippen molar-refractivity contribution in [3.63, 3.8) is 0 Å². The molecule has 3 N–H and O–H groups in total. The second-order valence-corrected chi connectivity index (χ2v) is 11.7. The zero-order valence-corrected chi connectivity index (χ0v) is 24.2. The maximum Gasteiger partial charge on any atom is 0.323 e. The maximum atomic E-state index is 15.4. The number of piperidine rings is 1. The van der Waals surface area contributed by atoms with Crippen molar-refractivity contribution in [3.8, 4) is 11.5 Å².